The summed E-state index contributed by atoms with van der Waals surface area (Å²) < 4.78 is 1.73. The third kappa shape index (κ3) is 5.04. The van der Waals surface area contributed by atoms with Gasteiger partial charge in [0.25, 0.3) is 11.8 Å². The number of carbonyl (C=O) groups is 2. The molecule has 0 aliphatic heterocycles. The van der Waals surface area contributed by atoms with Gasteiger partial charge >= 0.3 is 0 Å². The van der Waals surface area contributed by atoms with Crippen LogP contribution in [0, 0.1) is 5.92 Å². The number of hydrogen-bond acceptors (Lipinski definition) is 4. The lowest BCUT2D eigenvalue weighted by molar-refractivity contribution is 0.0783. The van der Waals surface area contributed by atoms with Crippen molar-refractivity contribution in [2.75, 3.05) is 13.6 Å². The zero-order chi connectivity index (χ0) is 23.4. The minimum absolute atomic E-state index is 0.0169. The monoisotopic (exact) mass is 434 g/mol. The van der Waals surface area contributed by atoms with Crippen LogP contribution in [0.25, 0.3) is 10.9 Å². The van der Waals surface area contributed by atoms with Gasteiger partial charge in [-0.1, -0.05) is 32.0 Å². The summed E-state index contributed by atoms with van der Waals surface area (Å²) in [7, 11) is 1.65. The van der Waals surface area contributed by atoms with Gasteiger partial charge in [-0.05, 0) is 37.5 Å². The van der Waals surface area contributed by atoms with Gasteiger partial charge in [0.1, 0.15) is 11.1 Å². The summed E-state index contributed by atoms with van der Waals surface area (Å²) >= 11 is 0. The maximum absolute atomic E-state index is 13.3. The van der Waals surface area contributed by atoms with Crippen LogP contribution in [0.2, 0.25) is 0 Å². The molecule has 1 N–H and O–H groups in total. The van der Waals surface area contributed by atoms with Crippen LogP contribution in [0.3, 0.4) is 0 Å². The molecule has 0 spiro atoms. The molecule has 3 aromatic rings. The summed E-state index contributed by atoms with van der Waals surface area (Å²) in [4.78, 5) is 44.9. The smallest absolute Gasteiger partial charge is 0.259 e. The van der Waals surface area contributed by atoms with Gasteiger partial charge in [0, 0.05) is 50.2 Å². The van der Waals surface area contributed by atoms with Gasteiger partial charge in [0.15, 0.2) is 0 Å². The van der Waals surface area contributed by atoms with E-state index in [0.29, 0.717) is 13.1 Å². The van der Waals surface area contributed by atoms with Crippen molar-refractivity contribution in [1.29, 1.82) is 0 Å². The first-order chi connectivity index (χ1) is 15.2. The van der Waals surface area contributed by atoms with Gasteiger partial charge in [-0.2, -0.15) is 0 Å². The molecule has 0 atom stereocenters. The highest BCUT2D eigenvalue weighted by molar-refractivity contribution is 5.99. The highest BCUT2D eigenvalue weighted by atomic mass is 16.2. The van der Waals surface area contributed by atoms with Crippen LogP contribution in [-0.2, 0) is 6.54 Å². The molecule has 0 aliphatic carbocycles. The van der Waals surface area contributed by atoms with Crippen LogP contribution in [0.5, 0.6) is 0 Å². The van der Waals surface area contributed by atoms with E-state index in [1.165, 1.54) is 17.3 Å². The second kappa shape index (κ2) is 9.77. The molecule has 32 heavy (non-hydrogen) atoms. The molecule has 168 valence electrons. The molecular formula is C25H30N4O3. The molecule has 2 heterocycles. The molecule has 1 aromatic carbocycles. The highest BCUT2D eigenvalue weighted by Gasteiger charge is 2.23. The Hall–Kier alpha value is -3.48. The summed E-state index contributed by atoms with van der Waals surface area (Å²) in [6.07, 6.45) is 4.79. The Bertz CT molecular complexity index is 1190. The number of carbonyl (C=O) groups excluding carboxylic acids is 2. The standard InChI is InChI=1S/C25H30N4O3/c1-16(2)12-27-24(31)20-14-29(17(3)4)15-21(23(20)30)25(32)28(5)13-18-8-6-10-22-19(18)9-7-11-26-22/h6-11,14-17H,12-13H2,1-5H3,(H,27,31). The number of fused-ring (bicyclic) bond motifs is 1. The zero-order valence-electron chi connectivity index (χ0n) is 19.3. The largest absolute Gasteiger partial charge is 0.352 e. The van der Waals surface area contributed by atoms with Crippen LogP contribution in [0.15, 0.2) is 53.7 Å². The molecule has 2 amide bonds. The van der Waals surface area contributed by atoms with Crippen molar-refractivity contribution in [3.8, 4) is 0 Å². The Morgan fingerprint density at radius 3 is 2.47 bits per heavy atom. The molecule has 0 radical (unpaired) electrons. The first-order valence-corrected chi connectivity index (χ1v) is 10.8. The quantitative estimate of drug-likeness (QED) is 0.615. The third-order valence-electron chi connectivity index (χ3n) is 5.28. The van der Waals surface area contributed by atoms with Crippen molar-refractivity contribution in [3.05, 3.63) is 75.8 Å². The third-order valence-corrected chi connectivity index (χ3v) is 5.28. The molecule has 0 aliphatic rings. The Morgan fingerprint density at radius 2 is 1.78 bits per heavy atom. The lowest BCUT2D eigenvalue weighted by atomic mass is 10.1. The van der Waals surface area contributed by atoms with E-state index in [2.05, 4.69) is 10.3 Å². The van der Waals surface area contributed by atoms with E-state index in [4.69, 9.17) is 0 Å². The Morgan fingerprint density at radius 1 is 1.06 bits per heavy atom. The fourth-order valence-electron chi connectivity index (χ4n) is 3.44. The molecular weight excluding hydrogens is 404 g/mol. The SMILES string of the molecule is CC(C)CNC(=O)c1cn(C(C)C)cc(C(=O)N(C)Cc2cccc3ncccc23)c1=O. The van der Waals surface area contributed by atoms with E-state index >= 15 is 0 Å². The highest BCUT2D eigenvalue weighted by Crippen LogP contribution is 2.18. The summed E-state index contributed by atoms with van der Waals surface area (Å²) in [6, 6.07) is 9.55. The summed E-state index contributed by atoms with van der Waals surface area (Å²) in [5.41, 5.74) is 1.18. The van der Waals surface area contributed by atoms with Gasteiger partial charge in [0.2, 0.25) is 5.43 Å². The van der Waals surface area contributed by atoms with Crippen molar-refractivity contribution < 1.29 is 9.59 Å². The number of aromatic nitrogens is 2. The summed E-state index contributed by atoms with van der Waals surface area (Å²) in [5, 5.41) is 3.73. The topological polar surface area (TPSA) is 84.3 Å². The van der Waals surface area contributed by atoms with Gasteiger partial charge in [-0.15, -0.1) is 0 Å². The molecule has 7 nitrogen and oxygen atoms in total. The van der Waals surface area contributed by atoms with Gasteiger partial charge in [-0.25, -0.2) is 0 Å². The van der Waals surface area contributed by atoms with Crippen LogP contribution < -0.4 is 10.7 Å². The molecule has 0 bridgehead atoms. The Balaban J connectivity index is 1.95. The fourth-order valence-corrected chi connectivity index (χ4v) is 3.44. The van der Waals surface area contributed by atoms with Gasteiger partial charge < -0.3 is 14.8 Å². The maximum Gasteiger partial charge on any atom is 0.259 e. The first kappa shape index (κ1) is 23.2. The van der Waals surface area contributed by atoms with Crippen LogP contribution in [0.4, 0.5) is 0 Å². The van der Waals surface area contributed by atoms with Crippen molar-refractivity contribution in [2.24, 2.45) is 5.92 Å². The van der Waals surface area contributed by atoms with E-state index in [1.807, 2.05) is 58.0 Å². The van der Waals surface area contributed by atoms with Crippen LogP contribution in [-0.4, -0.2) is 39.9 Å². The number of rotatable bonds is 7. The van der Waals surface area contributed by atoms with E-state index < -0.39 is 17.2 Å². The lowest BCUT2D eigenvalue weighted by Gasteiger charge is -2.20. The second-order valence-corrected chi connectivity index (χ2v) is 8.71. The number of nitrogens with zero attached hydrogens (tertiary/aromatic N) is 3. The van der Waals surface area contributed by atoms with Crippen molar-refractivity contribution >= 4 is 22.7 Å². The van der Waals surface area contributed by atoms with E-state index in [-0.39, 0.29) is 23.1 Å². The normalized spacial score (nSPS) is 11.2. The molecule has 0 saturated carbocycles. The van der Waals surface area contributed by atoms with Gasteiger partial charge in [-0.3, -0.25) is 19.4 Å². The summed E-state index contributed by atoms with van der Waals surface area (Å²) in [6.45, 7) is 8.58. The molecule has 2 aromatic heterocycles. The molecule has 0 unspecified atom stereocenters. The van der Waals surface area contributed by atoms with Crippen molar-refractivity contribution in [2.45, 2.75) is 40.3 Å². The predicted octanol–water partition coefficient (Wildman–Crippen LogP) is 3.64. The molecule has 0 saturated heterocycles. The average Bonchev–Trinajstić information content (AvgIpc) is 2.77. The van der Waals surface area contributed by atoms with E-state index in [0.717, 1.165) is 16.5 Å². The van der Waals surface area contributed by atoms with Crippen LogP contribution in [0.1, 0.15) is 60.0 Å². The van der Waals surface area contributed by atoms with Gasteiger partial charge in [0.05, 0.1) is 5.52 Å². The molecule has 0 fully saturated rings. The predicted molar refractivity (Wildman–Crippen MR) is 126 cm³/mol. The average molecular weight is 435 g/mol. The maximum atomic E-state index is 13.3. The first-order valence-electron chi connectivity index (χ1n) is 10.8. The summed E-state index contributed by atoms with van der Waals surface area (Å²) in [5.74, 6) is -0.642. The van der Waals surface area contributed by atoms with E-state index in [9.17, 15) is 14.4 Å². The fraction of sp³-hybridized carbons (Fsp3) is 0.360. The number of hydrogen-bond donors (Lipinski definition) is 1. The minimum atomic E-state index is -0.556. The van der Waals surface area contributed by atoms with E-state index in [1.54, 1.807) is 17.8 Å². The molecule has 7 heteroatoms. The molecule has 3 rings (SSSR count). The number of amides is 2. The number of pyridine rings is 2. The number of nitrogens with one attached hydrogen (secondary N) is 1. The lowest BCUT2D eigenvalue weighted by Crippen LogP contribution is -2.37. The zero-order valence-corrected chi connectivity index (χ0v) is 19.3. The van der Waals surface area contributed by atoms with Crippen molar-refractivity contribution in [1.82, 2.24) is 19.8 Å². The Labute approximate surface area is 188 Å². The van der Waals surface area contributed by atoms with Crippen LogP contribution >= 0.6 is 0 Å². The van der Waals surface area contributed by atoms with Crippen molar-refractivity contribution in [3.63, 3.8) is 0 Å². The minimum Gasteiger partial charge on any atom is -0.352 e. The number of benzene rings is 1. The Kier molecular flexibility index (Phi) is 7.08. The second-order valence-electron chi connectivity index (χ2n) is 8.71.